The van der Waals surface area contributed by atoms with Crippen molar-refractivity contribution >= 4 is 0 Å². The SMILES string of the molecule is COCCOCCNCc1ccc(F)cc1. The van der Waals surface area contributed by atoms with Crippen LogP contribution >= 0.6 is 0 Å². The Balaban J connectivity index is 2.01. The molecule has 0 aromatic heterocycles. The van der Waals surface area contributed by atoms with Crippen LogP contribution in [0.15, 0.2) is 24.3 Å². The molecule has 0 spiro atoms. The molecule has 0 saturated heterocycles. The zero-order chi connectivity index (χ0) is 11.6. The van der Waals surface area contributed by atoms with Crippen LogP contribution in [0.2, 0.25) is 0 Å². The van der Waals surface area contributed by atoms with Crippen molar-refractivity contribution in [1.29, 1.82) is 0 Å². The summed E-state index contributed by atoms with van der Waals surface area (Å²) in [4.78, 5) is 0. The zero-order valence-electron chi connectivity index (χ0n) is 9.54. The molecule has 0 unspecified atom stereocenters. The van der Waals surface area contributed by atoms with Gasteiger partial charge in [0.15, 0.2) is 0 Å². The van der Waals surface area contributed by atoms with Gasteiger partial charge in [0, 0.05) is 20.2 Å². The Bertz CT molecular complexity index is 277. The molecule has 3 nitrogen and oxygen atoms in total. The van der Waals surface area contributed by atoms with E-state index in [2.05, 4.69) is 5.32 Å². The van der Waals surface area contributed by atoms with Gasteiger partial charge in [0.1, 0.15) is 5.82 Å². The van der Waals surface area contributed by atoms with Crippen LogP contribution in [0, 0.1) is 5.82 Å². The van der Waals surface area contributed by atoms with Crippen molar-refractivity contribution in [3.63, 3.8) is 0 Å². The molecule has 90 valence electrons. The molecule has 16 heavy (non-hydrogen) atoms. The van der Waals surface area contributed by atoms with E-state index in [1.165, 1.54) is 12.1 Å². The second kappa shape index (κ2) is 8.21. The first-order valence-electron chi connectivity index (χ1n) is 5.35. The number of rotatable bonds is 8. The first-order valence-corrected chi connectivity index (χ1v) is 5.35. The average molecular weight is 227 g/mol. The van der Waals surface area contributed by atoms with Gasteiger partial charge in [0.05, 0.1) is 19.8 Å². The lowest BCUT2D eigenvalue weighted by molar-refractivity contribution is 0.0719. The van der Waals surface area contributed by atoms with Crippen molar-refractivity contribution in [2.45, 2.75) is 6.54 Å². The minimum absolute atomic E-state index is 0.202. The van der Waals surface area contributed by atoms with Crippen LogP contribution in [0.4, 0.5) is 4.39 Å². The predicted molar refractivity (Wildman–Crippen MR) is 60.8 cm³/mol. The van der Waals surface area contributed by atoms with Gasteiger partial charge in [-0.1, -0.05) is 12.1 Å². The smallest absolute Gasteiger partial charge is 0.123 e. The Morgan fingerprint density at radius 2 is 1.88 bits per heavy atom. The summed E-state index contributed by atoms with van der Waals surface area (Å²) in [5.74, 6) is -0.202. The Kier molecular flexibility index (Phi) is 6.72. The number of hydrogen-bond donors (Lipinski definition) is 1. The molecule has 0 aliphatic carbocycles. The summed E-state index contributed by atoms with van der Waals surface area (Å²) in [6.45, 7) is 3.41. The van der Waals surface area contributed by atoms with Gasteiger partial charge in [-0.2, -0.15) is 0 Å². The van der Waals surface area contributed by atoms with E-state index in [9.17, 15) is 4.39 Å². The lowest BCUT2D eigenvalue weighted by Gasteiger charge is -2.05. The highest BCUT2D eigenvalue weighted by molar-refractivity contribution is 5.15. The molecule has 0 amide bonds. The number of ether oxygens (including phenoxy) is 2. The van der Waals surface area contributed by atoms with Crippen LogP contribution in [0.3, 0.4) is 0 Å². The van der Waals surface area contributed by atoms with Gasteiger partial charge in [-0.15, -0.1) is 0 Å². The fourth-order valence-electron chi connectivity index (χ4n) is 1.22. The van der Waals surface area contributed by atoms with Crippen molar-refractivity contribution < 1.29 is 13.9 Å². The molecule has 0 saturated carbocycles. The molecule has 0 bridgehead atoms. The molecule has 4 heteroatoms. The zero-order valence-corrected chi connectivity index (χ0v) is 9.54. The quantitative estimate of drug-likeness (QED) is 0.684. The molecule has 0 atom stereocenters. The lowest BCUT2D eigenvalue weighted by Crippen LogP contribution is -2.20. The van der Waals surface area contributed by atoms with E-state index >= 15 is 0 Å². The molecule has 0 aliphatic heterocycles. The standard InChI is InChI=1S/C12H18FNO2/c1-15-8-9-16-7-6-14-10-11-2-4-12(13)5-3-11/h2-5,14H,6-10H2,1H3. The van der Waals surface area contributed by atoms with Crippen molar-refractivity contribution in [2.24, 2.45) is 0 Å². The van der Waals surface area contributed by atoms with Crippen LogP contribution in [0.25, 0.3) is 0 Å². The van der Waals surface area contributed by atoms with Gasteiger partial charge in [-0.25, -0.2) is 4.39 Å². The molecule has 0 fully saturated rings. The summed E-state index contributed by atoms with van der Waals surface area (Å²) in [7, 11) is 1.65. The van der Waals surface area contributed by atoms with Crippen LogP contribution < -0.4 is 5.32 Å². The highest BCUT2D eigenvalue weighted by Gasteiger charge is 1.93. The minimum atomic E-state index is -0.202. The van der Waals surface area contributed by atoms with Crippen molar-refractivity contribution in [2.75, 3.05) is 33.5 Å². The van der Waals surface area contributed by atoms with Crippen molar-refractivity contribution in [3.8, 4) is 0 Å². The summed E-state index contributed by atoms with van der Waals surface area (Å²) in [6.07, 6.45) is 0. The topological polar surface area (TPSA) is 30.5 Å². The van der Waals surface area contributed by atoms with Gasteiger partial charge in [0.25, 0.3) is 0 Å². The van der Waals surface area contributed by atoms with Gasteiger partial charge >= 0.3 is 0 Å². The maximum atomic E-state index is 12.6. The Hall–Kier alpha value is -0.970. The number of nitrogens with one attached hydrogen (secondary N) is 1. The van der Waals surface area contributed by atoms with Gasteiger partial charge in [0.2, 0.25) is 0 Å². The van der Waals surface area contributed by atoms with Crippen LogP contribution in [-0.2, 0) is 16.0 Å². The third-order valence-electron chi connectivity index (χ3n) is 2.10. The Morgan fingerprint density at radius 1 is 1.12 bits per heavy atom. The minimum Gasteiger partial charge on any atom is -0.382 e. The Labute approximate surface area is 95.6 Å². The molecule has 0 aliphatic rings. The average Bonchev–Trinajstić information content (AvgIpc) is 2.30. The summed E-state index contributed by atoms with van der Waals surface area (Å²) >= 11 is 0. The van der Waals surface area contributed by atoms with E-state index in [0.717, 1.165) is 18.7 Å². The summed E-state index contributed by atoms with van der Waals surface area (Å²) in [6, 6.07) is 6.47. The fraction of sp³-hybridized carbons (Fsp3) is 0.500. The first kappa shape index (κ1) is 13.1. The maximum absolute atomic E-state index is 12.6. The number of halogens is 1. The normalized spacial score (nSPS) is 10.6. The lowest BCUT2D eigenvalue weighted by atomic mass is 10.2. The molecular formula is C12H18FNO2. The number of methoxy groups -OCH3 is 1. The van der Waals surface area contributed by atoms with E-state index in [-0.39, 0.29) is 5.82 Å². The van der Waals surface area contributed by atoms with E-state index in [1.807, 2.05) is 0 Å². The van der Waals surface area contributed by atoms with Gasteiger partial charge in [-0.3, -0.25) is 0 Å². The molecule has 1 aromatic carbocycles. The van der Waals surface area contributed by atoms with Gasteiger partial charge < -0.3 is 14.8 Å². The van der Waals surface area contributed by atoms with Crippen LogP contribution in [-0.4, -0.2) is 33.5 Å². The van der Waals surface area contributed by atoms with Crippen LogP contribution in [0.1, 0.15) is 5.56 Å². The maximum Gasteiger partial charge on any atom is 0.123 e. The van der Waals surface area contributed by atoms with Crippen molar-refractivity contribution in [3.05, 3.63) is 35.6 Å². The second-order valence-corrected chi connectivity index (χ2v) is 3.41. The van der Waals surface area contributed by atoms with E-state index < -0.39 is 0 Å². The van der Waals surface area contributed by atoms with E-state index in [0.29, 0.717) is 19.8 Å². The third kappa shape index (κ3) is 5.80. The molecule has 1 aromatic rings. The number of benzene rings is 1. The molecule has 1 rings (SSSR count). The monoisotopic (exact) mass is 227 g/mol. The first-order chi connectivity index (χ1) is 7.83. The molecular weight excluding hydrogens is 209 g/mol. The molecule has 1 N–H and O–H groups in total. The van der Waals surface area contributed by atoms with Gasteiger partial charge in [-0.05, 0) is 17.7 Å². The third-order valence-corrected chi connectivity index (χ3v) is 2.10. The molecule has 0 radical (unpaired) electrons. The van der Waals surface area contributed by atoms with E-state index in [1.54, 1.807) is 19.2 Å². The van der Waals surface area contributed by atoms with Crippen LogP contribution in [0.5, 0.6) is 0 Å². The highest BCUT2D eigenvalue weighted by Crippen LogP contribution is 2.01. The summed E-state index contributed by atoms with van der Waals surface area (Å²) in [5.41, 5.74) is 1.07. The summed E-state index contributed by atoms with van der Waals surface area (Å²) < 4.78 is 22.7. The Morgan fingerprint density at radius 3 is 2.56 bits per heavy atom. The van der Waals surface area contributed by atoms with Crippen molar-refractivity contribution in [1.82, 2.24) is 5.32 Å². The fourth-order valence-corrected chi connectivity index (χ4v) is 1.22. The highest BCUT2D eigenvalue weighted by atomic mass is 19.1. The molecule has 0 heterocycles. The van der Waals surface area contributed by atoms with E-state index in [4.69, 9.17) is 9.47 Å². The summed E-state index contributed by atoms with van der Waals surface area (Å²) in [5, 5.41) is 3.21. The largest absolute Gasteiger partial charge is 0.382 e. The number of hydrogen-bond acceptors (Lipinski definition) is 3. The second-order valence-electron chi connectivity index (χ2n) is 3.41. The predicted octanol–water partition coefficient (Wildman–Crippen LogP) is 1.58.